The summed E-state index contributed by atoms with van der Waals surface area (Å²) in [6.45, 7) is 16.1. The molecule has 0 aromatic carbocycles. The Morgan fingerprint density at radius 3 is 2.17 bits per heavy atom. The largest absolute Gasteiger partial charge is 0.0722 e. The van der Waals surface area contributed by atoms with Crippen molar-refractivity contribution in [2.45, 2.75) is 54.9 Å². The second kappa shape index (κ2) is 4.26. The third kappa shape index (κ3) is 1.74. The van der Waals surface area contributed by atoms with E-state index in [0.717, 1.165) is 6.42 Å². The molecule has 0 amide bonds. The molecule has 0 spiro atoms. The molecular formula is C18H25. The quantitative estimate of drug-likeness (QED) is 0.607. The van der Waals surface area contributed by atoms with Crippen LogP contribution in [0, 0.1) is 17.4 Å². The van der Waals surface area contributed by atoms with E-state index in [1.807, 2.05) is 0 Å². The lowest BCUT2D eigenvalue weighted by Crippen LogP contribution is -2.16. The fraction of sp³-hybridized carbons (Fsp3) is 0.556. The molecule has 0 aromatic rings. The van der Waals surface area contributed by atoms with Crippen LogP contribution >= 0.6 is 0 Å². The van der Waals surface area contributed by atoms with Crippen LogP contribution < -0.4 is 0 Å². The summed E-state index contributed by atoms with van der Waals surface area (Å²) in [6.07, 6.45) is 6.89. The van der Waals surface area contributed by atoms with Crippen molar-refractivity contribution in [3.63, 3.8) is 0 Å². The van der Waals surface area contributed by atoms with E-state index in [9.17, 15) is 0 Å². The first kappa shape index (κ1) is 13.4. The first-order valence-electron chi connectivity index (χ1n) is 6.99. The van der Waals surface area contributed by atoms with Gasteiger partial charge in [-0.1, -0.05) is 39.3 Å². The first-order valence-corrected chi connectivity index (χ1v) is 6.99. The van der Waals surface area contributed by atoms with E-state index in [0.29, 0.717) is 5.92 Å². The van der Waals surface area contributed by atoms with Crippen molar-refractivity contribution in [3.8, 4) is 0 Å². The maximum atomic E-state index is 3.54. The Morgan fingerprint density at radius 2 is 1.72 bits per heavy atom. The zero-order valence-electron chi connectivity index (χ0n) is 12.9. The molecule has 0 heterocycles. The van der Waals surface area contributed by atoms with Crippen LogP contribution in [0.1, 0.15) is 54.9 Å². The van der Waals surface area contributed by atoms with E-state index in [4.69, 9.17) is 0 Å². The number of hydrogen-bond acceptors (Lipinski definition) is 0. The van der Waals surface area contributed by atoms with E-state index < -0.39 is 0 Å². The van der Waals surface area contributed by atoms with Crippen LogP contribution in [0.5, 0.6) is 0 Å². The standard InChI is InChI=1S/C18H25/c1-11(2)15-9-8-10-16(15)17-13(4)12(3)14(5)18(17,6)7/h10-11H,8H2,1-7H3. The molecule has 18 heavy (non-hydrogen) atoms. The van der Waals surface area contributed by atoms with E-state index in [1.165, 1.54) is 33.4 Å². The summed E-state index contributed by atoms with van der Waals surface area (Å²) in [5.41, 5.74) is 9.06. The molecule has 0 aliphatic heterocycles. The van der Waals surface area contributed by atoms with E-state index in [-0.39, 0.29) is 5.41 Å². The Balaban J connectivity index is 2.52. The highest BCUT2D eigenvalue weighted by Crippen LogP contribution is 2.52. The minimum atomic E-state index is 0.173. The topological polar surface area (TPSA) is 0 Å². The lowest BCUT2D eigenvalue weighted by atomic mass is 9.75. The van der Waals surface area contributed by atoms with Crippen LogP contribution in [0.25, 0.3) is 0 Å². The Labute approximate surface area is 112 Å². The highest BCUT2D eigenvalue weighted by atomic mass is 14.4. The number of rotatable bonds is 2. The predicted octanol–water partition coefficient (Wildman–Crippen LogP) is 5.39. The maximum Gasteiger partial charge on any atom is 0.0117 e. The van der Waals surface area contributed by atoms with Gasteiger partial charge < -0.3 is 0 Å². The van der Waals surface area contributed by atoms with Crippen molar-refractivity contribution in [3.05, 3.63) is 45.6 Å². The molecule has 0 saturated heterocycles. The van der Waals surface area contributed by atoms with Crippen molar-refractivity contribution in [2.75, 3.05) is 0 Å². The van der Waals surface area contributed by atoms with E-state index >= 15 is 0 Å². The van der Waals surface area contributed by atoms with Crippen LogP contribution in [0.2, 0.25) is 0 Å². The Bertz CT molecular complexity index is 502. The van der Waals surface area contributed by atoms with E-state index in [2.05, 4.69) is 60.6 Å². The fourth-order valence-electron chi connectivity index (χ4n) is 3.35. The van der Waals surface area contributed by atoms with Crippen LogP contribution in [-0.4, -0.2) is 0 Å². The monoisotopic (exact) mass is 241 g/mol. The summed E-state index contributed by atoms with van der Waals surface area (Å²) in [5.74, 6) is 0.566. The van der Waals surface area contributed by atoms with Gasteiger partial charge >= 0.3 is 0 Å². The van der Waals surface area contributed by atoms with Crippen molar-refractivity contribution < 1.29 is 0 Å². The van der Waals surface area contributed by atoms with Gasteiger partial charge in [0.1, 0.15) is 0 Å². The van der Waals surface area contributed by atoms with Gasteiger partial charge in [0.15, 0.2) is 0 Å². The van der Waals surface area contributed by atoms with Gasteiger partial charge in [-0.3, -0.25) is 0 Å². The van der Waals surface area contributed by atoms with Gasteiger partial charge in [-0.15, -0.1) is 0 Å². The summed E-state index contributed by atoms with van der Waals surface area (Å²) >= 11 is 0. The third-order valence-electron chi connectivity index (χ3n) is 4.80. The second-order valence-electron chi connectivity index (χ2n) is 6.44. The molecule has 0 saturated carbocycles. The average Bonchev–Trinajstić information content (AvgIpc) is 2.79. The molecular weight excluding hydrogens is 216 g/mol. The maximum absolute atomic E-state index is 3.54. The smallest absolute Gasteiger partial charge is 0.0117 e. The summed E-state index contributed by atoms with van der Waals surface area (Å²) in [5, 5.41) is 0. The van der Waals surface area contributed by atoms with Crippen molar-refractivity contribution in [1.29, 1.82) is 0 Å². The normalized spacial score (nSPS) is 23.1. The van der Waals surface area contributed by atoms with Crippen molar-refractivity contribution in [2.24, 2.45) is 11.3 Å². The molecule has 0 nitrogen and oxygen atoms in total. The second-order valence-corrected chi connectivity index (χ2v) is 6.44. The summed E-state index contributed by atoms with van der Waals surface area (Å²) in [4.78, 5) is 0. The zero-order valence-corrected chi connectivity index (χ0v) is 12.9. The van der Waals surface area contributed by atoms with Crippen molar-refractivity contribution in [1.82, 2.24) is 0 Å². The van der Waals surface area contributed by atoms with Gasteiger partial charge in [-0.25, -0.2) is 0 Å². The molecule has 1 radical (unpaired) electrons. The van der Waals surface area contributed by atoms with Gasteiger partial charge in [0.25, 0.3) is 0 Å². The molecule has 2 aliphatic rings. The van der Waals surface area contributed by atoms with Gasteiger partial charge in [0, 0.05) is 5.41 Å². The molecule has 0 N–H and O–H groups in total. The van der Waals surface area contributed by atoms with Crippen LogP contribution in [0.3, 0.4) is 0 Å². The average molecular weight is 241 g/mol. The van der Waals surface area contributed by atoms with E-state index in [1.54, 1.807) is 0 Å². The fourth-order valence-corrected chi connectivity index (χ4v) is 3.35. The molecule has 0 unspecified atom stereocenters. The summed E-state index contributed by atoms with van der Waals surface area (Å²) in [7, 11) is 0. The lowest BCUT2D eigenvalue weighted by molar-refractivity contribution is 0.552. The van der Waals surface area contributed by atoms with Crippen LogP contribution in [-0.2, 0) is 0 Å². The Hall–Kier alpha value is -1.04. The molecule has 97 valence electrons. The highest BCUT2D eigenvalue weighted by molar-refractivity contribution is 5.63. The predicted molar refractivity (Wildman–Crippen MR) is 79.1 cm³/mol. The molecule has 0 heteroatoms. The van der Waals surface area contributed by atoms with Crippen LogP contribution in [0.4, 0.5) is 0 Å². The van der Waals surface area contributed by atoms with Gasteiger partial charge in [-0.2, -0.15) is 0 Å². The van der Waals surface area contributed by atoms with Gasteiger partial charge in [0.05, 0.1) is 0 Å². The van der Waals surface area contributed by atoms with Gasteiger partial charge in [0.2, 0.25) is 0 Å². The highest BCUT2D eigenvalue weighted by Gasteiger charge is 2.37. The SMILES string of the molecule is CC1=C(C)C(C)(C)C(C2=CC[C]=C2C(C)C)=C1C. The van der Waals surface area contributed by atoms with Gasteiger partial charge in [-0.05, 0) is 67.1 Å². The Morgan fingerprint density at radius 1 is 1.11 bits per heavy atom. The number of hydrogen-bond donors (Lipinski definition) is 0. The van der Waals surface area contributed by atoms with Crippen LogP contribution in [0.15, 0.2) is 39.5 Å². The lowest BCUT2D eigenvalue weighted by Gasteiger charge is -2.29. The molecule has 2 aliphatic carbocycles. The number of allylic oxidation sites excluding steroid dienone is 8. The molecule has 0 fully saturated rings. The summed E-state index contributed by atoms with van der Waals surface area (Å²) in [6, 6.07) is 0. The molecule has 0 atom stereocenters. The molecule has 0 aromatic heterocycles. The molecule has 0 bridgehead atoms. The third-order valence-corrected chi connectivity index (χ3v) is 4.80. The zero-order chi connectivity index (χ0) is 13.7. The molecule has 2 rings (SSSR count). The first-order chi connectivity index (χ1) is 8.28. The minimum Gasteiger partial charge on any atom is -0.0722 e. The summed E-state index contributed by atoms with van der Waals surface area (Å²) < 4.78 is 0. The van der Waals surface area contributed by atoms with Crippen molar-refractivity contribution >= 4 is 0 Å². The Kier molecular flexibility index (Phi) is 3.17. The minimum absolute atomic E-state index is 0.173.